The highest BCUT2D eigenvalue weighted by atomic mass is 16.4. The van der Waals surface area contributed by atoms with E-state index >= 15 is 0 Å². The van der Waals surface area contributed by atoms with Gasteiger partial charge in [-0.15, -0.1) is 0 Å². The predicted octanol–water partition coefficient (Wildman–Crippen LogP) is -3.13. The van der Waals surface area contributed by atoms with Crippen molar-refractivity contribution in [2.75, 3.05) is 32.7 Å². The number of phenols is 1. The topological polar surface area (TPSA) is 487 Å². The molecule has 0 aromatic heterocycles. The number of unbranched alkanes of at least 4 members (excludes halogenated alkanes) is 5. The SMILES string of the molecule is CC(=O)O.CC(=O)O.CCC(C)CC(C)CCCCCCCCC(=O)N[C@H]1C[C@H](O)[C@@H](NCCN)NC(=O)C2[C@@H](O)CCN2C(=O)[C@H]([C@H](O)CCN)NC(=O)[C@H]([C@H](O)[C@@H](O)c2ccc(O)cc2)NC(=O)[C@@H]2C[C@@H](O)CN2C(=O)[C@H]([C@@H](C)O)NC1=O. The first-order valence-electron chi connectivity index (χ1n) is 29.2. The number of amides is 7. The Hall–Kier alpha value is -6.15. The van der Waals surface area contributed by atoms with Crippen LogP contribution in [0.3, 0.4) is 0 Å². The summed E-state index contributed by atoms with van der Waals surface area (Å²) in [5.74, 6) is -8.10. The van der Waals surface area contributed by atoms with Gasteiger partial charge in [0.2, 0.25) is 41.4 Å². The van der Waals surface area contributed by atoms with Crippen LogP contribution in [0, 0.1) is 11.8 Å². The summed E-state index contributed by atoms with van der Waals surface area (Å²) in [5.41, 5.74) is 11.5. The zero-order valence-electron chi connectivity index (χ0n) is 49.7. The monoisotopic (exact) mass is 1210 g/mol. The van der Waals surface area contributed by atoms with Crippen molar-refractivity contribution in [1.82, 2.24) is 41.7 Å². The third kappa shape index (κ3) is 25.4. The zero-order valence-corrected chi connectivity index (χ0v) is 49.7. The normalized spacial score (nSPS) is 26.5. The molecule has 29 heteroatoms. The molecule has 3 fully saturated rings. The number of fused-ring (bicyclic) bond motifs is 2. The van der Waals surface area contributed by atoms with E-state index in [9.17, 15) is 74.4 Å². The van der Waals surface area contributed by atoms with Crippen LogP contribution in [-0.4, -0.2) is 226 Å². The average Bonchev–Trinajstić information content (AvgIpc) is 2.52. The Morgan fingerprint density at radius 1 is 0.682 bits per heavy atom. The third-order valence-electron chi connectivity index (χ3n) is 14.9. The quantitative estimate of drug-likeness (QED) is 0.0482. The molecule has 484 valence electrons. The summed E-state index contributed by atoms with van der Waals surface area (Å²) in [6, 6.07) is -6.40. The number of aromatic hydroxyl groups is 1. The summed E-state index contributed by atoms with van der Waals surface area (Å²) in [7, 11) is 0. The van der Waals surface area contributed by atoms with Crippen molar-refractivity contribution in [3.05, 3.63) is 29.8 Å². The second kappa shape index (κ2) is 38.1. The van der Waals surface area contributed by atoms with Crippen molar-refractivity contribution in [1.29, 1.82) is 0 Å². The first-order chi connectivity index (χ1) is 40.0. The summed E-state index contributed by atoms with van der Waals surface area (Å²) in [6.45, 7) is 8.90. The second-order valence-electron chi connectivity index (χ2n) is 22.3. The first kappa shape index (κ1) is 74.9. The van der Waals surface area contributed by atoms with Crippen molar-refractivity contribution < 1.29 is 94.2 Å². The van der Waals surface area contributed by atoms with Gasteiger partial charge < -0.3 is 98.9 Å². The van der Waals surface area contributed by atoms with Crippen LogP contribution in [0.5, 0.6) is 5.75 Å². The number of aliphatic hydroxyl groups excluding tert-OH is 7. The van der Waals surface area contributed by atoms with Gasteiger partial charge in [0.15, 0.2) is 0 Å². The van der Waals surface area contributed by atoms with Gasteiger partial charge in [0.05, 0.1) is 30.5 Å². The number of benzene rings is 1. The highest BCUT2D eigenvalue weighted by molar-refractivity contribution is 5.98. The Morgan fingerprint density at radius 2 is 1.25 bits per heavy atom. The number of carboxylic acids is 2. The Balaban J connectivity index is 0.00000289. The number of nitrogens with one attached hydrogen (secondary N) is 6. The van der Waals surface area contributed by atoms with Gasteiger partial charge >= 0.3 is 0 Å². The largest absolute Gasteiger partial charge is 0.508 e. The molecular weight excluding hydrogens is 1120 g/mol. The Bertz CT molecular complexity index is 2270. The number of rotatable bonds is 23. The molecule has 3 saturated heterocycles. The summed E-state index contributed by atoms with van der Waals surface area (Å²) < 4.78 is 0. The molecule has 3 aliphatic heterocycles. The fourth-order valence-corrected chi connectivity index (χ4v) is 10.2. The maximum atomic E-state index is 14.6. The second-order valence-corrected chi connectivity index (χ2v) is 22.3. The fraction of sp³-hybridized carbons (Fsp3) is 0.732. The number of aliphatic hydroxyl groups is 7. The van der Waals surface area contributed by atoms with Crippen LogP contribution in [0.15, 0.2) is 24.3 Å². The lowest BCUT2D eigenvalue weighted by Crippen LogP contribution is -2.65. The molecule has 16 atom stereocenters. The lowest BCUT2D eigenvalue weighted by Gasteiger charge is -2.35. The van der Waals surface area contributed by atoms with E-state index in [1.807, 2.05) is 0 Å². The molecule has 85 heavy (non-hydrogen) atoms. The van der Waals surface area contributed by atoms with E-state index < -0.39 is 158 Å². The number of aliphatic carboxylic acids is 2. The summed E-state index contributed by atoms with van der Waals surface area (Å²) in [6.07, 6.45) is -6.95. The van der Waals surface area contributed by atoms with Gasteiger partial charge in [-0.05, 0) is 68.7 Å². The number of phenolic OH excluding ortho intramolecular Hbond substituents is 1. The molecule has 0 aliphatic carbocycles. The Kier molecular flexibility index (Phi) is 33.6. The van der Waals surface area contributed by atoms with Gasteiger partial charge in [-0.3, -0.25) is 48.5 Å². The van der Waals surface area contributed by atoms with Crippen LogP contribution < -0.4 is 43.4 Å². The Morgan fingerprint density at radius 3 is 1.82 bits per heavy atom. The van der Waals surface area contributed by atoms with Crippen molar-refractivity contribution in [3.63, 3.8) is 0 Å². The lowest BCUT2D eigenvalue weighted by atomic mass is 9.91. The molecule has 3 unspecified atom stereocenters. The van der Waals surface area contributed by atoms with Gasteiger partial charge in [-0.25, -0.2) is 0 Å². The minimum absolute atomic E-state index is 0.0257. The average molecular weight is 1210 g/mol. The molecule has 4 rings (SSSR count). The maximum Gasteiger partial charge on any atom is 0.300 e. The highest BCUT2D eigenvalue weighted by Gasteiger charge is 2.49. The molecule has 3 aliphatic rings. The fourth-order valence-electron chi connectivity index (χ4n) is 10.2. The number of nitrogens with two attached hydrogens (primary N) is 2. The number of carbonyl (C=O) groups excluding carboxylic acids is 7. The Labute approximate surface area is 496 Å². The van der Waals surface area contributed by atoms with Gasteiger partial charge in [0, 0.05) is 59.3 Å². The van der Waals surface area contributed by atoms with Crippen LogP contribution in [0.1, 0.15) is 143 Å². The smallest absolute Gasteiger partial charge is 0.300 e. The molecular formula is C56H96N10O19. The van der Waals surface area contributed by atoms with E-state index in [4.69, 9.17) is 31.3 Å². The lowest BCUT2D eigenvalue weighted by molar-refractivity contribution is -0.148. The molecule has 20 N–H and O–H groups in total. The number of carboxylic acid groups (broad SMARTS) is 2. The standard InChI is InChI=1S/C52H88N10O15.2C2H4O2/c1-5-28(2)24-29(3)12-10-8-6-7-9-11-13-39(69)56-34-26-38(68)46(55-22-21-54)60-50(75)43-37(67)19-23-61(43)52(77)41(36(66)18-20-53)58-49(74)42(45(71)44(70)31-14-16-32(64)17-15-31)59-48(73)35-25-33(65)27-62(35)51(76)40(30(4)63)57-47(34)72;2*1-2(3)4/h14-17,28-30,33-38,40-46,55,63-68,70-71H,5-13,18-27,53-54H2,1-4H3,(H,56,69)(H,57,72)(H,58,74)(H,59,73)(H,60,75);2*1H3,(H,3,4)/t28?,29?,30-,33-,34+,35+,36-,37+,38+,40+,41+,42+,43?,44+,45+,46+;;/m1../s1. The third-order valence-corrected chi connectivity index (χ3v) is 14.9. The van der Waals surface area contributed by atoms with Crippen molar-refractivity contribution in [2.45, 2.75) is 217 Å². The molecule has 0 radical (unpaired) electrons. The molecule has 1 aromatic rings. The zero-order chi connectivity index (χ0) is 64.2. The van der Waals surface area contributed by atoms with Gasteiger partial charge in [-0.1, -0.05) is 77.8 Å². The number of hydrogen-bond donors (Lipinski definition) is 18. The van der Waals surface area contributed by atoms with Gasteiger partial charge in [0.25, 0.3) is 11.9 Å². The number of nitrogens with zero attached hydrogens (tertiary/aromatic N) is 2. The van der Waals surface area contributed by atoms with E-state index in [2.05, 4.69) is 52.7 Å². The summed E-state index contributed by atoms with van der Waals surface area (Å²) in [4.78, 5) is 120. The molecule has 0 saturated carbocycles. The molecule has 29 nitrogen and oxygen atoms in total. The van der Waals surface area contributed by atoms with Gasteiger partial charge in [-0.2, -0.15) is 0 Å². The van der Waals surface area contributed by atoms with E-state index in [0.717, 1.165) is 69.1 Å². The maximum absolute atomic E-state index is 14.6. The number of carbonyl (C=O) groups is 9. The van der Waals surface area contributed by atoms with Crippen molar-refractivity contribution in [3.8, 4) is 5.75 Å². The van der Waals surface area contributed by atoms with Gasteiger partial charge in [0.1, 0.15) is 60.4 Å². The minimum atomic E-state index is -2.28. The molecule has 7 amide bonds. The molecule has 0 bridgehead atoms. The van der Waals surface area contributed by atoms with E-state index in [1.165, 1.54) is 30.7 Å². The van der Waals surface area contributed by atoms with Crippen LogP contribution in [0.4, 0.5) is 0 Å². The van der Waals surface area contributed by atoms with Crippen molar-refractivity contribution in [2.24, 2.45) is 23.3 Å². The number of hydrogen-bond acceptors (Lipinski definition) is 20. The molecule has 1 aromatic carbocycles. The van der Waals surface area contributed by atoms with Crippen molar-refractivity contribution >= 4 is 53.3 Å². The van der Waals surface area contributed by atoms with Crippen LogP contribution in [0.2, 0.25) is 0 Å². The summed E-state index contributed by atoms with van der Waals surface area (Å²) >= 11 is 0. The van der Waals surface area contributed by atoms with E-state index in [1.54, 1.807) is 0 Å². The van der Waals surface area contributed by atoms with E-state index in [-0.39, 0.29) is 56.8 Å². The van der Waals surface area contributed by atoms with Crippen LogP contribution in [-0.2, 0) is 43.2 Å². The highest BCUT2D eigenvalue weighted by Crippen LogP contribution is 2.27. The van der Waals surface area contributed by atoms with E-state index in [0.29, 0.717) is 24.7 Å². The predicted molar refractivity (Wildman–Crippen MR) is 307 cm³/mol. The van der Waals surface area contributed by atoms with Crippen LogP contribution in [0.25, 0.3) is 0 Å². The molecule has 3 heterocycles. The first-order valence-corrected chi connectivity index (χ1v) is 29.2. The van der Waals surface area contributed by atoms with Crippen LogP contribution >= 0.6 is 0 Å². The molecule has 0 spiro atoms. The minimum Gasteiger partial charge on any atom is -0.508 e. The summed E-state index contributed by atoms with van der Waals surface area (Å²) in [5, 5.41) is 119.